The normalized spacial score (nSPS) is 13.7. The van der Waals surface area contributed by atoms with Gasteiger partial charge in [-0.3, -0.25) is 0 Å². The van der Waals surface area contributed by atoms with E-state index in [1.165, 1.54) is 11.3 Å². The van der Waals surface area contributed by atoms with Crippen LogP contribution < -0.4 is 5.32 Å². The van der Waals surface area contributed by atoms with E-state index < -0.39 is 12.8 Å². The molecule has 1 atom stereocenters. The lowest BCUT2D eigenvalue weighted by molar-refractivity contribution is -0.174. The van der Waals surface area contributed by atoms with Crippen molar-refractivity contribution in [2.75, 3.05) is 19.8 Å². The van der Waals surface area contributed by atoms with Crippen LogP contribution in [-0.4, -0.2) is 32.0 Å². The van der Waals surface area contributed by atoms with Crippen LogP contribution in [-0.2, 0) is 11.2 Å². The molecule has 0 aromatic carbocycles. The fourth-order valence-corrected chi connectivity index (χ4v) is 2.85. The van der Waals surface area contributed by atoms with Crippen molar-refractivity contribution in [1.82, 2.24) is 5.32 Å². The molecule has 0 amide bonds. The molecule has 19 heavy (non-hydrogen) atoms. The smallest absolute Gasteiger partial charge is 0.372 e. The number of nitrogens with one attached hydrogen (secondary N) is 1. The Balaban J connectivity index is 2.32. The van der Waals surface area contributed by atoms with Crippen molar-refractivity contribution >= 4 is 22.9 Å². The Morgan fingerprint density at radius 2 is 2.16 bits per heavy atom. The first kappa shape index (κ1) is 16.8. The predicted octanol–water partition coefficient (Wildman–Crippen LogP) is 3.89. The van der Waals surface area contributed by atoms with Crippen LogP contribution in [0.15, 0.2) is 12.1 Å². The van der Waals surface area contributed by atoms with Crippen LogP contribution in [0.25, 0.3) is 0 Å². The monoisotopic (exact) mass is 315 g/mol. The minimum Gasteiger partial charge on any atom is -0.372 e. The third-order valence-electron chi connectivity index (χ3n) is 2.45. The highest BCUT2D eigenvalue weighted by atomic mass is 35.5. The Morgan fingerprint density at radius 1 is 1.42 bits per heavy atom. The summed E-state index contributed by atoms with van der Waals surface area (Å²) < 4.78 is 41.1. The standard InChI is InChI=1S/C12H17ClF3NOS/c1-2-17-9(5-6-18-8-12(14,15)16)7-10-3-4-11(13)19-10/h3-4,9,17H,2,5-8H2,1H3. The van der Waals surface area contributed by atoms with Gasteiger partial charge in [-0.15, -0.1) is 11.3 Å². The van der Waals surface area contributed by atoms with Crippen molar-refractivity contribution < 1.29 is 17.9 Å². The Bertz CT molecular complexity index is 370. The molecule has 0 saturated heterocycles. The van der Waals surface area contributed by atoms with Gasteiger partial charge in [0.15, 0.2) is 0 Å². The largest absolute Gasteiger partial charge is 0.411 e. The molecule has 0 spiro atoms. The minimum absolute atomic E-state index is 0.0935. The van der Waals surface area contributed by atoms with Gasteiger partial charge < -0.3 is 10.1 Å². The average Bonchev–Trinajstić information content (AvgIpc) is 2.69. The second kappa shape index (κ2) is 8.09. The van der Waals surface area contributed by atoms with Gasteiger partial charge in [0, 0.05) is 17.5 Å². The summed E-state index contributed by atoms with van der Waals surface area (Å²) >= 11 is 7.34. The van der Waals surface area contributed by atoms with Gasteiger partial charge in [-0.1, -0.05) is 18.5 Å². The van der Waals surface area contributed by atoms with Crippen LogP contribution >= 0.6 is 22.9 Å². The number of alkyl halides is 3. The molecule has 1 N–H and O–H groups in total. The molecule has 1 aromatic heterocycles. The summed E-state index contributed by atoms with van der Waals surface area (Å²) in [5.41, 5.74) is 0. The third kappa shape index (κ3) is 7.77. The highest BCUT2D eigenvalue weighted by Crippen LogP contribution is 2.23. The molecule has 0 fully saturated rings. The van der Waals surface area contributed by atoms with Gasteiger partial charge in [-0.25, -0.2) is 0 Å². The molecule has 1 aromatic rings. The predicted molar refractivity (Wildman–Crippen MR) is 72.0 cm³/mol. The molecule has 0 aliphatic carbocycles. The molecule has 0 bridgehead atoms. The molecule has 0 aliphatic heterocycles. The highest BCUT2D eigenvalue weighted by Gasteiger charge is 2.27. The van der Waals surface area contributed by atoms with Crippen LogP contribution in [0, 0.1) is 0 Å². The Kier molecular flexibility index (Phi) is 7.13. The van der Waals surface area contributed by atoms with E-state index >= 15 is 0 Å². The molecular weight excluding hydrogens is 299 g/mol. The summed E-state index contributed by atoms with van der Waals surface area (Å²) in [6, 6.07) is 3.87. The molecule has 1 heterocycles. The van der Waals surface area contributed by atoms with Crippen LogP contribution in [0.5, 0.6) is 0 Å². The number of hydrogen-bond donors (Lipinski definition) is 1. The zero-order valence-corrected chi connectivity index (χ0v) is 12.2. The average molecular weight is 316 g/mol. The summed E-state index contributed by atoms with van der Waals surface area (Å²) in [7, 11) is 0. The van der Waals surface area contributed by atoms with Crippen LogP contribution in [0.2, 0.25) is 4.34 Å². The second-order valence-corrected chi connectivity index (χ2v) is 5.92. The van der Waals surface area contributed by atoms with E-state index in [2.05, 4.69) is 10.1 Å². The molecule has 2 nitrogen and oxygen atoms in total. The molecule has 1 unspecified atom stereocenters. The molecule has 0 aliphatic rings. The number of rotatable bonds is 8. The van der Waals surface area contributed by atoms with Crippen LogP contribution in [0.3, 0.4) is 0 Å². The number of ether oxygens (including phenoxy) is 1. The lowest BCUT2D eigenvalue weighted by atomic mass is 10.1. The van der Waals surface area contributed by atoms with E-state index in [4.69, 9.17) is 11.6 Å². The number of likely N-dealkylation sites (N-methyl/N-ethyl adjacent to an activating group) is 1. The van der Waals surface area contributed by atoms with E-state index in [0.717, 1.165) is 22.2 Å². The summed E-state index contributed by atoms with van der Waals surface area (Å²) in [5, 5.41) is 3.24. The van der Waals surface area contributed by atoms with E-state index in [9.17, 15) is 13.2 Å². The first-order valence-corrected chi connectivity index (χ1v) is 7.22. The number of hydrogen-bond acceptors (Lipinski definition) is 3. The van der Waals surface area contributed by atoms with Crippen LogP contribution in [0.1, 0.15) is 18.2 Å². The Hall–Kier alpha value is -0.300. The van der Waals surface area contributed by atoms with Crippen LogP contribution in [0.4, 0.5) is 13.2 Å². The molecular formula is C12H17ClF3NOS. The number of halogens is 4. The fraction of sp³-hybridized carbons (Fsp3) is 0.667. The molecule has 0 radical (unpaired) electrons. The molecule has 110 valence electrons. The molecule has 0 saturated carbocycles. The highest BCUT2D eigenvalue weighted by molar-refractivity contribution is 7.16. The van der Waals surface area contributed by atoms with Crippen molar-refractivity contribution in [1.29, 1.82) is 0 Å². The van der Waals surface area contributed by atoms with Gasteiger partial charge in [-0.05, 0) is 31.5 Å². The van der Waals surface area contributed by atoms with E-state index in [-0.39, 0.29) is 12.6 Å². The summed E-state index contributed by atoms with van der Waals surface area (Å²) in [5.74, 6) is 0. The van der Waals surface area contributed by atoms with E-state index in [0.29, 0.717) is 6.42 Å². The second-order valence-electron chi connectivity index (χ2n) is 4.12. The topological polar surface area (TPSA) is 21.3 Å². The van der Waals surface area contributed by atoms with Gasteiger partial charge >= 0.3 is 6.18 Å². The van der Waals surface area contributed by atoms with Gasteiger partial charge in [-0.2, -0.15) is 13.2 Å². The van der Waals surface area contributed by atoms with E-state index in [1.807, 2.05) is 19.1 Å². The first-order chi connectivity index (χ1) is 8.90. The number of thiophene rings is 1. The lowest BCUT2D eigenvalue weighted by Gasteiger charge is -2.17. The third-order valence-corrected chi connectivity index (χ3v) is 3.70. The summed E-state index contributed by atoms with van der Waals surface area (Å²) in [6.07, 6.45) is -2.96. The lowest BCUT2D eigenvalue weighted by Crippen LogP contribution is -2.32. The van der Waals surface area contributed by atoms with Gasteiger partial charge in [0.05, 0.1) is 4.34 Å². The molecule has 7 heteroatoms. The fourth-order valence-electron chi connectivity index (χ4n) is 1.68. The quantitative estimate of drug-likeness (QED) is 0.735. The zero-order valence-electron chi connectivity index (χ0n) is 10.6. The Labute approximate surface area is 119 Å². The maximum atomic E-state index is 11.9. The van der Waals surface area contributed by atoms with Crippen molar-refractivity contribution in [3.8, 4) is 0 Å². The van der Waals surface area contributed by atoms with E-state index in [1.54, 1.807) is 0 Å². The zero-order chi connectivity index (χ0) is 14.3. The first-order valence-electron chi connectivity index (χ1n) is 6.03. The maximum Gasteiger partial charge on any atom is 0.411 e. The Morgan fingerprint density at radius 3 is 2.68 bits per heavy atom. The van der Waals surface area contributed by atoms with Crippen molar-refractivity contribution in [2.24, 2.45) is 0 Å². The van der Waals surface area contributed by atoms with Crippen molar-refractivity contribution in [3.63, 3.8) is 0 Å². The van der Waals surface area contributed by atoms with Gasteiger partial charge in [0.25, 0.3) is 0 Å². The summed E-state index contributed by atoms with van der Waals surface area (Å²) in [4.78, 5) is 1.12. The SMILES string of the molecule is CCNC(CCOCC(F)(F)F)Cc1ccc(Cl)s1. The van der Waals surface area contributed by atoms with Crippen molar-refractivity contribution in [3.05, 3.63) is 21.3 Å². The van der Waals surface area contributed by atoms with Gasteiger partial charge in [0.2, 0.25) is 0 Å². The maximum absolute atomic E-state index is 11.9. The van der Waals surface area contributed by atoms with Crippen molar-refractivity contribution in [2.45, 2.75) is 32.0 Å². The summed E-state index contributed by atoms with van der Waals surface area (Å²) in [6.45, 7) is 1.64. The minimum atomic E-state index is -4.26. The molecule has 1 rings (SSSR count). The van der Waals surface area contributed by atoms with Gasteiger partial charge in [0.1, 0.15) is 6.61 Å².